The molecule has 0 aliphatic carbocycles. The molecular formula is C7H12N2O6S. The average Bonchev–Trinajstić information content (AvgIpc) is 2.47. The number of carboxylic acid groups (broad SMARTS) is 1. The summed E-state index contributed by atoms with van der Waals surface area (Å²) in [4.78, 5) is 22.6. The van der Waals surface area contributed by atoms with Crippen LogP contribution in [0.15, 0.2) is 0 Å². The minimum atomic E-state index is -3.82. The third-order valence-electron chi connectivity index (χ3n) is 2.32. The van der Waals surface area contributed by atoms with E-state index in [0.717, 1.165) is 4.90 Å². The minimum Gasteiger partial charge on any atom is -0.479 e. The predicted octanol–water partition coefficient (Wildman–Crippen LogP) is -2.68. The van der Waals surface area contributed by atoms with Gasteiger partial charge in [0.05, 0.1) is 6.54 Å². The molecule has 0 aromatic carbocycles. The van der Waals surface area contributed by atoms with Crippen molar-refractivity contribution in [1.29, 1.82) is 0 Å². The van der Waals surface area contributed by atoms with Crippen LogP contribution in [0.1, 0.15) is 6.42 Å². The summed E-state index contributed by atoms with van der Waals surface area (Å²) in [5.41, 5.74) is 0. The number of hydrogen-bond donors (Lipinski definition) is 3. The fraction of sp³-hybridized carbons (Fsp3) is 0.714. The molecule has 1 amide bonds. The van der Waals surface area contributed by atoms with Gasteiger partial charge in [-0.25, -0.2) is 18.4 Å². The van der Waals surface area contributed by atoms with Gasteiger partial charge in [0.2, 0.25) is 15.9 Å². The maximum atomic E-state index is 11.3. The number of carboxylic acids is 1. The van der Waals surface area contributed by atoms with E-state index in [1.54, 1.807) is 0 Å². The van der Waals surface area contributed by atoms with Crippen LogP contribution in [-0.4, -0.2) is 59.9 Å². The molecule has 1 unspecified atom stereocenters. The molecular weight excluding hydrogens is 240 g/mol. The Morgan fingerprint density at radius 1 is 1.62 bits per heavy atom. The van der Waals surface area contributed by atoms with Crippen molar-refractivity contribution in [1.82, 2.24) is 4.90 Å². The van der Waals surface area contributed by atoms with Crippen molar-refractivity contribution in [2.45, 2.75) is 17.8 Å². The normalized spacial score (nSPS) is 23.5. The molecule has 0 aromatic rings. The van der Waals surface area contributed by atoms with Gasteiger partial charge in [0.25, 0.3) is 0 Å². The smallest absolute Gasteiger partial charge is 0.334 e. The zero-order valence-electron chi connectivity index (χ0n) is 8.24. The van der Waals surface area contributed by atoms with Gasteiger partial charge >= 0.3 is 5.97 Å². The molecule has 9 heteroatoms. The van der Waals surface area contributed by atoms with Crippen molar-refractivity contribution >= 4 is 21.9 Å². The van der Waals surface area contributed by atoms with Crippen molar-refractivity contribution in [2.75, 3.05) is 13.1 Å². The van der Waals surface area contributed by atoms with Gasteiger partial charge in [-0.1, -0.05) is 0 Å². The molecule has 1 saturated heterocycles. The van der Waals surface area contributed by atoms with E-state index >= 15 is 0 Å². The Kier molecular flexibility index (Phi) is 3.51. The second kappa shape index (κ2) is 4.36. The first-order chi connectivity index (χ1) is 7.21. The molecule has 1 aliphatic heterocycles. The number of primary sulfonamides is 1. The molecule has 1 aliphatic rings. The van der Waals surface area contributed by atoms with Gasteiger partial charge in [0, 0.05) is 13.0 Å². The topological polar surface area (TPSA) is 138 Å². The van der Waals surface area contributed by atoms with Crippen LogP contribution in [0, 0.1) is 0 Å². The highest BCUT2D eigenvalue weighted by Crippen LogP contribution is 2.16. The van der Waals surface area contributed by atoms with E-state index in [4.69, 9.17) is 15.4 Å². The van der Waals surface area contributed by atoms with E-state index < -0.39 is 39.8 Å². The summed E-state index contributed by atoms with van der Waals surface area (Å²) < 4.78 is 21.9. The maximum Gasteiger partial charge on any atom is 0.334 e. The van der Waals surface area contributed by atoms with Crippen molar-refractivity contribution < 1.29 is 28.2 Å². The zero-order valence-corrected chi connectivity index (χ0v) is 9.05. The summed E-state index contributed by atoms with van der Waals surface area (Å²) in [6, 6.07) is 0. The lowest BCUT2D eigenvalue weighted by Gasteiger charge is -2.17. The van der Waals surface area contributed by atoms with Gasteiger partial charge < -0.3 is 15.1 Å². The number of aliphatic hydroxyl groups is 1. The lowest BCUT2D eigenvalue weighted by molar-refractivity contribution is -0.148. The Hall–Kier alpha value is -1.19. The fourth-order valence-corrected chi connectivity index (χ4v) is 2.18. The number of nitrogens with two attached hydrogens (primary N) is 1. The molecule has 1 rings (SSSR count). The molecule has 0 aromatic heterocycles. The van der Waals surface area contributed by atoms with Crippen LogP contribution in [0.5, 0.6) is 0 Å². The molecule has 8 nitrogen and oxygen atoms in total. The standard InChI is InChI=1S/C7H12N2O6S/c8-16(14,15)4-1-6(11)9(2-4)3-5(10)7(12)13/h4-5,10H,1-3H2,(H,12,13)(H2,8,14,15)/t4?,5-/m0/s1. The van der Waals surface area contributed by atoms with Crippen molar-refractivity contribution in [3.8, 4) is 0 Å². The fourth-order valence-electron chi connectivity index (χ4n) is 1.42. The molecule has 1 fully saturated rings. The van der Waals surface area contributed by atoms with Crippen LogP contribution in [0.4, 0.5) is 0 Å². The number of rotatable bonds is 4. The van der Waals surface area contributed by atoms with E-state index in [-0.39, 0.29) is 13.0 Å². The van der Waals surface area contributed by atoms with Crippen LogP contribution < -0.4 is 5.14 Å². The van der Waals surface area contributed by atoms with Crippen LogP contribution in [0.2, 0.25) is 0 Å². The Labute approximate surface area is 91.7 Å². The van der Waals surface area contributed by atoms with E-state index in [1.165, 1.54) is 0 Å². The lowest BCUT2D eigenvalue weighted by Crippen LogP contribution is -2.39. The van der Waals surface area contributed by atoms with Gasteiger partial charge in [-0.3, -0.25) is 4.79 Å². The maximum absolute atomic E-state index is 11.3. The molecule has 0 radical (unpaired) electrons. The van der Waals surface area contributed by atoms with Gasteiger partial charge in [0.1, 0.15) is 5.25 Å². The first-order valence-corrected chi connectivity index (χ1v) is 6.03. The molecule has 4 N–H and O–H groups in total. The second-order valence-corrected chi connectivity index (χ2v) is 5.41. The first-order valence-electron chi connectivity index (χ1n) is 4.42. The van der Waals surface area contributed by atoms with Gasteiger partial charge in [-0.15, -0.1) is 0 Å². The van der Waals surface area contributed by atoms with Crippen LogP contribution in [0.25, 0.3) is 0 Å². The lowest BCUT2D eigenvalue weighted by atomic mass is 10.3. The highest BCUT2D eigenvalue weighted by atomic mass is 32.2. The summed E-state index contributed by atoms with van der Waals surface area (Å²) in [5, 5.41) is 21.3. The molecule has 92 valence electrons. The third kappa shape index (κ3) is 2.90. The van der Waals surface area contributed by atoms with Gasteiger partial charge in [-0.05, 0) is 0 Å². The van der Waals surface area contributed by atoms with Crippen LogP contribution >= 0.6 is 0 Å². The number of amides is 1. The van der Waals surface area contributed by atoms with E-state index in [9.17, 15) is 18.0 Å². The highest BCUT2D eigenvalue weighted by molar-refractivity contribution is 7.89. The minimum absolute atomic E-state index is 0.179. The van der Waals surface area contributed by atoms with Gasteiger partial charge in [-0.2, -0.15) is 0 Å². The van der Waals surface area contributed by atoms with Crippen molar-refractivity contribution in [3.05, 3.63) is 0 Å². The predicted molar refractivity (Wildman–Crippen MR) is 51.7 cm³/mol. The number of β-amino-alcohol motifs (C(OH)–C–C–N with tert-alkyl or cyclic N) is 1. The Balaban J connectivity index is 2.66. The molecule has 16 heavy (non-hydrogen) atoms. The number of likely N-dealkylation sites (tertiary alicyclic amines) is 1. The number of hydrogen-bond acceptors (Lipinski definition) is 5. The Bertz CT molecular complexity index is 405. The number of sulfonamides is 1. The summed E-state index contributed by atoms with van der Waals surface area (Å²) >= 11 is 0. The van der Waals surface area contributed by atoms with Crippen LogP contribution in [0.3, 0.4) is 0 Å². The molecule has 1 heterocycles. The zero-order chi connectivity index (χ0) is 12.5. The Morgan fingerprint density at radius 2 is 2.19 bits per heavy atom. The van der Waals surface area contributed by atoms with Crippen molar-refractivity contribution in [3.63, 3.8) is 0 Å². The quantitative estimate of drug-likeness (QED) is 0.498. The summed E-state index contributed by atoms with van der Waals surface area (Å²) in [6.45, 7) is -0.609. The molecule has 0 bridgehead atoms. The number of aliphatic hydroxyl groups excluding tert-OH is 1. The summed E-state index contributed by atoms with van der Waals surface area (Å²) in [5.74, 6) is -1.99. The Morgan fingerprint density at radius 3 is 2.56 bits per heavy atom. The van der Waals surface area contributed by atoms with Crippen molar-refractivity contribution in [2.24, 2.45) is 5.14 Å². The molecule has 0 saturated carbocycles. The summed E-state index contributed by atoms with van der Waals surface area (Å²) in [6.07, 6.45) is -1.99. The highest BCUT2D eigenvalue weighted by Gasteiger charge is 2.37. The largest absolute Gasteiger partial charge is 0.479 e. The van der Waals surface area contributed by atoms with Gasteiger partial charge in [0.15, 0.2) is 6.10 Å². The number of aliphatic carboxylic acids is 1. The van der Waals surface area contributed by atoms with E-state index in [1.807, 2.05) is 0 Å². The number of carbonyl (C=O) groups is 2. The SMILES string of the molecule is NS(=O)(=O)C1CC(=O)N(C[C@H](O)C(=O)O)C1. The third-order valence-corrected chi connectivity index (χ3v) is 3.57. The second-order valence-electron chi connectivity index (χ2n) is 3.57. The molecule has 0 spiro atoms. The number of nitrogens with zero attached hydrogens (tertiary/aromatic N) is 1. The van der Waals surface area contributed by atoms with Crippen LogP contribution in [-0.2, 0) is 19.6 Å². The van der Waals surface area contributed by atoms with E-state index in [2.05, 4.69) is 0 Å². The number of carbonyl (C=O) groups excluding carboxylic acids is 1. The summed E-state index contributed by atoms with van der Waals surface area (Å²) in [7, 11) is -3.82. The van der Waals surface area contributed by atoms with E-state index in [0.29, 0.717) is 0 Å². The average molecular weight is 252 g/mol. The monoisotopic (exact) mass is 252 g/mol. The molecule has 2 atom stereocenters. The first kappa shape index (κ1) is 12.9.